The summed E-state index contributed by atoms with van der Waals surface area (Å²) in [5, 5.41) is 3.29. The summed E-state index contributed by atoms with van der Waals surface area (Å²) in [4.78, 5) is 21.9. The molecule has 18 heavy (non-hydrogen) atoms. The number of esters is 1. The van der Waals surface area contributed by atoms with Gasteiger partial charge in [0.15, 0.2) is 0 Å². The molecule has 0 radical (unpaired) electrons. The summed E-state index contributed by atoms with van der Waals surface area (Å²) in [7, 11) is 0. The average Bonchev–Trinajstić information content (AvgIpc) is 2.21. The molecule has 5 heteroatoms. The quantitative estimate of drug-likeness (QED) is 0.458. The Hall–Kier alpha value is -1.10. The molecule has 0 heterocycles. The highest BCUT2D eigenvalue weighted by molar-refractivity contribution is 5.75. The molecule has 0 saturated heterocycles. The third-order valence-electron chi connectivity index (χ3n) is 2.58. The SMILES string of the molecule is CCOC(=O)CCCCCNC(C)(C)CC(N)=O. The topological polar surface area (TPSA) is 81.4 Å². The van der Waals surface area contributed by atoms with E-state index in [2.05, 4.69) is 5.32 Å². The van der Waals surface area contributed by atoms with Crippen LogP contribution in [0.2, 0.25) is 0 Å². The van der Waals surface area contributed by atoms with Crippen molar-refractivity contribution in [2.75, 3.05) is 13.2 Å². The number of ether oxygens (including phenoxy) is 1. The summed E-state index contributed by atoms with van der Waals surface area (Å²) in [6.45, 7) is 6.99. The van der Waals surface area contributed by atoms with E-state index >= 15 is 0 Å². The van der Waals surface area contributed by atoms with Gasteiger partial charge >= 0.3 is 5.97 Å². The minimum absolute atomic E-state index is 0.125. The largest absolute Gasteiger partial charge is 0.466 e. The van der Waals surface area contributed by atoms with Crippen LogP contribution in [0.1, 0.15) is 52.9 Å². The third-order valence-corrected chi connectivity index (χ3v) is 2.58. The molecule has 0 unspecified atom stereocenters. The summed E-state index contributed by atoms with van der Waals surface area (Å²) in [6, 6.07) is 0. The van der Waals surface area contributed by atoms with Crippen LogP contribution in [0, 0.1) is 0 Å². The lowest BCUT2D eigenvalue weighted by Gasteiger charge is -2.24. The Morgan fingerprint density at radius 3 is 2.44 bits per heavy atom. The van der Waals surface area contributed by atoms with E-state index in [1.807, 2.05) is 20.8 Å². The normalized spacial score (nSPS) is 11.3. The Balaban J connectivity index is 3.50. The number of primary amides is 1. The standard InChI is InChI=1S/C13H26N2O3/c1-4-18-12(17)8-6-5-7-9-15-13(2,3)10-11(14)16/h15H,4-10H2,1-3H3,(H2,14,16). The predicted octanol–water partition coefficient (Wildman–Crippen LogP) is 1.35. The number of rotatable bonds is 10. The molecule has 0 aromatic rings. The average molecular weight is 258 g/mol. The smallest absolute Gasteiger partial charge is 0.305 e. The van der Waals surface area contributed by atoms with E-state index in [-0.39, 0.29) is 17.4 Å². The molecule has 0 aliphatic heterocycles. The van der Waals surface area contributed by atoms with Gasteiger partial charge in [-0.25, -0.2) is 0 Å². The van der Waals surface area contributed by atoms with Crippen LogP contribution in [0.5, 0.6) is 0 Å². The zero-order chi connectivity index (χ0) is 14.0. The molecule has 0 saturated carbocycles. The van der Waals surface area contributed by atoms with Crippen LogP contribution in [-0.2, 0) is 14.3 Å². The second kappa shape index (κ2) is 8.91. The Kier molecular flexibility index (Phi) is 8.37. The van der Waals surface area contributed by atoms with Crippen LogP contribution in [0.4, 0.5) is 0 Å². The number of unbranched alkanes of at least 4 members (excludes halogenated alkanes) is 2. The van der Waals surface area contributed by atoms with E-state index in [0.717, 1.165) is 25.8 Å². The number of carbonyl (C=O) groups excluding carboxylic acids is 2. The highest BCUT2D eigenvalue weighted by Gasteiger charge is 2.18. The third kappa shape index (κ3) is 10.1. The number of nitrogens with two attached hydrogens (primary N) is 1. The molecular weight excluding hydrogens is 232 g/mol. The van der Waals surface area contributed by atoms with Gasteiger partial charge in [-0.2, -0.15) is 0 Å². The zero-order valence-electron chi connectivity index (χ0n) is 11.8. The molecule has 0 rings (SSSR count). The van der Waals surface area contributed by atoms with Crippen molar-refractivity contribution in [3.05, 3.63) is 0 Å². The highest BCUT2D eigenvalue weighted by atomic mass is 16.5. The van der Waals surface area contributed by atoms with Crippen LogP contribution in [0.3, 0.4) is 0 Å². The van der Waals surface area contributed by atoms with Gasteiger partial charge in [0.05, 0.1) is 6.61 Å². The van der Waals surface area contributed by atoms with Crippen molar-refractivity contribution in [2.24, 2.45) is 5.73 Å². The second-order valence-electron chi connectivity index (χ2n) is 5.07. The Labute approximate surface area is 109 Å². The van der Waals surface area contributed by atoms with Gasteiger partial charge in [0.1, 0.15) is 0 Å². The molecule has 0 aliphatic rings. The summed E-state index contributed by atoms with van der Waals surface area (Å²) in [5.74, 6) is -0.422. The fraction of sp³-hybridized carbons (Fsp3) is 0.846. The van der Waals surface area contributed by atoms with Crippen molar-refractivity contribution in [1.82, 2.24) is 5.32 Å². The summed E-state index contributed by atoms with van der Waals surface area (Å²) >= 11 is 0. The van der Waals surface area contributed by atoms with Crippen molar-refractivity contribution in [2.45, 2.75) is 58.4 Å². The lowest BCUT2D eigenvalue weighted by molar-refractivity contribution is -0.143. The van der Waals surface area contributed by atoms with Gasteiger partial charge in [0.25, 0.3) is 0 Å². The van der Waals surface area contributed by atoms with E-state index in [0.29, 0.717) is 19.4 Å². The van der Waals surface area contributed by atoms with Crippen molar-refractivity contribution >= 4 is 11.9 Å². The maximum atomic E-state index is 11.1. The molecule has 5 nitrogen and oxygen atoms in total. The van der Waals surface area contributed by atoms with Gasteiger partial charge in [-0.05, 0) is 40.2 Å². The summed E-state index contributed by atoms with van der Waals surface area (Å²) in [6.07, 6.45) is 3.60. The number of nitrogens with one attached hydrogen (secondary N) is 1. The first-order valence-electron chi connectivity index (χ1n) is 6.56. The molecule has 3 N–H and O–H groups in total. The molecule has 1 amide bonds. The summed E-state index contributed by atoms with van der Waals surface area (Å²) < 4.78 is 4.84. The number of amides is 1. The van der Waals surface area contributed by atoms with Gasteiger partial charge in [0.2, 0.25) is 5.91 Å². The van der Waals surface area contributed by atoms with Crippen LogP contribution < -0.4 is 11.1 Å². The number of carbonyl (C=O) groups is 2. The molecule has 0 aromatic carbocycles. The Morgan fingerprint density at radius 1 is 1.22 bits per heavy atom. The van der Waals surface area contributed by atoms with Crippen LogP contribution in [-0.4, -0.2) is 30.6 Å². The first-order chi connectivity index (χ1) is 8.37. The van der Waals surface area contributed by atoms with E-state index in [4.69, 9.17) is 10.5 Å². The van der Waals surface area contributed by atoms with E-state index < -0.39 is 0 Å². The second-order valence-corrected chi connectivity index (χ2v) is 5.07. The van der Waals surface area contributed by atoms with Crippen molar-refractivity contribution in [1.29, 1.82) is 0 Å². The summed E-state index contributed by atoms with van der Waals surface area (Å²) in [5.41, 5.74) is 4.90. The molecule has 0 atom stereocenters. The monoisotopic (exact) mass is 258 g/mol. The minimum atomic E-state index is -0.296. The first kappa shape index (κ1) is 16.9. The molecule has 0 spiro atoms. The molecule has 0 bridgehead atoms. The van der Waals surface area contributed by atoms with Gasteiger partial charge in [-0.1, -0.05) is 6.42 Å². The maximum Gasteiger partial charge on any atom is 0.305 e. The Bertz CT molecular complexity index is 265. The van der Waals surface area contributed by atoms with Crippen LogP contribution in [0.15, 0.2) is 0 Å². The predicted molar refractivity (Wildman–Crippen MR) is 71.0 cm³/mol. The van der Waals surface area contributed by atoms with Crippen LogP contribution in [0.25, 0.3) is 0 Å². The lowest BCUT2D eigenvalue weighted by atomic mass is 10.00. The Morgan fingerprint density at radius 2 is 1.89 bits per heavy atom. The van der Waals surface area contributed by atoms with Crippen LogP contribution >= 0.6 is 0 Å². The van der Waals surface area contributed by atoms with E-state index in [9.17, 15) is 9.59 Å². The van der Waals surface area contributed by atoms with Gasteiger partial charge < -0.3 is 15.8 Å². The molecule has 0 aliphatic carbocycles. The van der Waals surface area contributed by atoms with Crippen molar-refractivity contribution < 1.29 is 14.3 Å². The fourth-order valence-electron chi connectivity index (χ4n) is 1.73. The lowest BCUT2D eigenvalue weighted by Crippen LogP contribution is -2.43. The number of hydrogen-bond donors (Lipinski definition) is 2. The number of hydrogen-bond acceptors (Lipinski definition) is 4. The zero-order valence-corrected chi connectivity index (χ0v) is 11.8. The fourth-order valence-corrected chi connectivity index (χ4v) is 1.73. The van der Waals surface area contributed by atoms with Crippen molar-refractivity contribution in [3.63, 3.8) is 0 Å². The molecular formula is C13H26N2O3. The van der Waals surface area contributed by atoms with Gasteiger partial charge in [0, 0.05) is 18.4 Å². The molecule has 0 aromatic heterocycles. The highest BCUT2D eigenvalue weighted by Crippen LogP contribution is 2.08. The molecule has 106 valence electrons. The van der Waals surface area contributed by atoms with Gasteiger partial charge in [-0.15, -0.1) is 0 Å². The van der Waals surface area contributed by atoms with E-state index in [1.165, 1.54) is 0 Å². The first-order valence-corrected chi connectivity index (χ1v) is 6.56. The maximum absolute atomic E-state index is 11.1. The van der Waals surface area contributed by atoms with Crippen molar-refractivity contribution in [3.8, 4) is 0 Å². The molecule has 0 fully saturated rings. The minimum Gasteiger partial charge on any atom is -0.466 e. The van der Waals surface area contributed by atoms with Gasteiger partial charge in [-0.3, -0.25) is 9.59 Å². The van der Waals surface area contributed by atoms with E-state index in [1.54, 1.807) is 0 Å².